The number of amides is 1. The molecule has 3 nitrogen and oxygen atoms in total. The molecule has 1 heterocycles. The maximum atomic E-state index is 12.5. The van der Waals surface area contributed by atoms with Crippen molar-refractivity contribution in [2.75, 3.05) is 19.6 Å². The molecule has 2 unspecified atom stereocenters. The molecule has 1 aromatic rings. The van der Waals surface area contributed by atoms with Crippen molar-refractivity contribution < 1.29 is 4.79 Å². The van der Waals surface area contributed by atoms with Crippen molar-refractivity contribution in [1.82, 2.24) is 10.2 Å². The molecule has 0 aromatic heterocycles. The van der Waals surface area contributed by atoms with Crippen LogP contribution in [-0.2, 0) is 11.2 Å². The van der Waals surface area contributed by atoms with E-state index in [-0.39, 0.29) is 11.8 Å². The van der Waals surface area contributed by atoms with Crippen molar-refractivity contribution in [2.24, 2.45) is 5.92 Å². The summed E-state index contributed by atoms with van der Waals surface area (Å²) in [5.41, 5.74) is 2.73. The smallest absolute Gasteiger partial charge is 0.224 e. The molecule has 1 amide bonds. The van der Waals surface area contributed by atoms with E-state index >= 15 is 0 Å². The lowest BCUT2D eigenvalue weighted by Gasteiger charge is -2.37. The third-order valence-electron chi connectivity index (χ3n) is 5.07. The van der Waals surface area contributed by atoms with Crippen molar-refractivity contribution in [1.29, 1.82) is 0 Å². The van der Waals surface area contributed by atoms with Gasteiger partial charge in [-0.3, -0.25) is 9.69 Å². The molecule has 1 aliphatic carbocycles. The quantitative estimate of drug-likeness (QED) is 0.819. The Labute approximate surface area is 139 Å². The van der Waals surface area contributed by atoms with Gasteiger partial charge < -0.3 is 5.32 Å². The average Bonchev–Trinajstić information content (AvgIpc) is 3.39. The van der Waals surface area contributed by atoms with Crippen molar-refractivity contribution in [2.45, 2.75) is 44.6 Å². The third kappa shape index (κ3) is 4.23. The molecular formula is C20H28N2O. The minimum atomic E-state index is 0.0974. The Morgan fingerprint density at radius 2 is 2.04 bits per heavy atom. The molecule has 1 aliphatic heterocycles. The Kier molecular flexibility index (Phi) is 5.16. The zero-order valence-corrected chi connectivity index (χ0v) is 14.1. The van der Waals surface area contributed by atoms with E-state index in [0.29, 0.717) is 12.0 Å². The molecule has 0 bridgehead atoms. The van der Waals surface area contributed by atoms with Crippen LogP contribution >= 0.6 is 0 Å². The lowest BCUT2D eigenvalue weighted by Crippen LogP contribution is -2.46. The van der Waals surface area contributed by atoms with E-state index in [4.69, 9.17) is 0 Å². The molecular weight excluding hydrogens is 284 g/mol. The SMILES string of the molecule is C=CCN1CC(C(=O)NC2CC2)CC(c2ccc(CC)cc2)C1. The normalized spacial score (nSPS) is 25.1. The van der Waals surface area contributed by atoms with Crippen molar-refractivity contribution in [3.63, 3.8) is 0 Å². The molecule has 23 heavy (non-hydrogen) atoms. The minimum absolute atomic E-state index is 0.0974. The Bertz CT molecular complexity index is 547. The summed E-state index contributed by atoms with van der Waals surface area (Å²) < 4.78 is 0. The van der Waals surface area contributed by atoms with E-state index in [1.807, 2.05) is 6.08 Å². The Hall–Kier alpha value is -1.61. The van der Waals surface area contributed by atoms with Crippen molar-refractivity contribution in [3.05, 3.63) is 48.0 Å². The zero-order chi connectivity index (χ0) is 16.2. The zero-order valence-electron chi connectivity index (χ0n) is 14.1. The van der Waals surface area contributed by atoms with E-state index < -0.39 is 0 Å². The van der Waals surface area contributed by atoms with Gasteiger partial charge in [0, 0.05) is 25.7 Å². The molecule has 1 N–H and O–H groups in total. The number of hydrogen-bond donors (Lipinski definition) is 1. The van der Waals surface area contributed by atoms with Gasteiger partial charge in [-0.1, -0.05) is 37.3 Å². The minimum Gasteiger partial charge on any atom is -0.353 e. The first-order chi connectivity index (χ1) is 11.2. The van der Waals surface area contributed by atoms with E-state index in [0.717, 1.165) is 45.3 Å². The van der Waals surface area contributed by atoms with Crippen molar-refractivity contribution >= 4 is 5.91 Å². The Morgan fingerprint density at radius 1 is 1.30 bits per heavy atom. The van der Waals surface area contributed by atoms with Crippen LogP contribution in [0.5, 0.6) is 0 Å². The molecule has 2 aliphatic rings. The highest BCUT2D eigenvalue weighted by Crippen LogP contribution is 2.31. The van der Waals surface area contributed by atoms with Crippen LogP contribution in [0.25, 0.3) is 0 Å². The van der Waals surface area contributed by atoms with E-state index in [9.17, 15) is 4.79 Å². The molecule has 1 aromatic carbocycles. The van der Waals surface area contributed by atoms with E-state index in [2.05, 4.69) is 48.0 Å². The fourth-order valence-corrected chi connectivity index (χ4v) is 3.53. The maximum absolute atomic E-state index is 12.5. The maximum Gasteiger partial charge on any atom is 0.224 e. The summed E-state index contributed by atoms with van der Waals surface area (Å²) in [6, 6.07) is 9.38. The van der Waals surface area contributed by atoms with Crippen LogP contribution in [-0.4, -0.2) is 36.5 Å². The lowest BCUT2D eigenvalue weighted by molar-refractivity contribution is -0.127. The van der Waals surface area contributed by atoms with Crippen LogP contribution in [0.1, 0.15) is 43.2 Å². The van der Waals surface area contributed by atoms with Crippen LogP contribution in [0.15, 0.2) is 36.9 Å². The van der Waals surface area contributed by atoms with Crippen LogP contribution in [0.2, 0.25) is 0 Å². The van der Waals surface area contributed by atoms with Gasteiger partial charge in [0.2, 0.25) is 5.91 Å². The molecule has 0 radical (unpaired) electrons. The fourth-order valence-electron chi connectivity index (χ4n) is 3.53. The van der Waals surface area contributed by atoms with Gasteiger partial charge in [-0.25, -0.2) is 0 Å². The number of nitrogens with one attached hydrogen (secondary N) is 1. The number of likely N-dealkylation sites (tertiary alicyclic amines) is 1. The highest BCUT2D eigenvalue weighted by molar-refractivity contribution is 5.79. The highest BCUT2D eigenvalue weighted by Gasteiger charge is 2.34. The van der Waals surface area contributed by atoms with Gasteiger partial charge in [-0.2, -0.15) is 0 Å². The largest absolute Gasteiger partial charge is 0.353 e. The number of nitrogens with zero attached hydrogens (tertiary/aromatic N) is 1. The molecule has 3 rings (SSSR count). The molecule has 0 spiro atoms. The van der Waals surface area contributed by atoms with Gasteiger partial charge >= 0.3 is 0 Å². The summed E-state index contributed by atoms with van der Waals surface area (Å²) in [6.45, 7) is 8.77. The fraction of sp³-hybridized carbons (Fsp3) is 0.550. The number of benzene rings is 1. The first-order valence-electron chi connectivity index (χ1n) is 8.92. The van der Waals surface area contributed by atoms with Crippen LogP contribution in [0.4, 0.5) is 0 Å². The predicted octanol–water partition coefficient (Wildman–Crippen LogP) is 3.12. The number of carbonyl (C=O) groups is 1. The van der Waals surface area contributed by atoms with Crippen LogP contribution in [0, 0.1) is 5.92 Å². The van der Waals surface area contributed by atoms with Gasteiger partial charge in [-0.05, 0) is 42.7 Å². The summed E-state index contributed by atoms with van der Waals surface area (Å²) in [5, 5.41) is 3.19. The second-order valence-electron chi connectivity index (χ2n) is 7.01. The first kappa shape index (κ1) is 16.3. The van der Waals surface area contributed by atoms with Gasteiger partial charge in [0.15, 0.2) is 0 Å². The third-order valence-corrected chi connectivity index (χ3v) is 5.07. The number of aryl methyl sites for hydroxylation is 1. The molecule has 2 atom stereocenters. The second kappa shape index (κ2) is 7.31. The van der Waals surface area contributed by atoms with Crippen molar-refractivity contribution in [3.8, 4) is 0 Å². The number of rotatable bonds is 6. The second-order valence-corrected chi connectivity index (χ2v) is 7.01. The molecule has 1 saturated heterocycles. The highest BCUT2D eigenvalue weighted by atomic mass is 16.2. The molecule has 124 valence electrons. The number of carbonyl (C=O) groups excluding carboxylic acids is 1. The molecule has 3 heteroatoms. The van der Waals surface area contributed by atoms with Gasteiger partial charge in [0.25, 0.3) is 0 Å². The summed E-state index contributed by atoms with van der Waals surface area (Å²) in [6.07, 6.45) is 6.27. The van der Waals surface area contributed by atoms with Gasteiger partial charge in [0.05, 0.1) is 5.92 Å². The standard InChI is InChI=1S/C20H28N2O/c1-3-11-22-13-17(16-7-5-15(4-2)6-8-16)12-18(14-22)20(23)21-19-9-10-19/h3,5-8,17-19H,1,4,9-14H2,2H3,(H,21,23). The summed E-state index contributed by atoms with van der Waals surface area (Å²) >= 11 is 0. The predicted molar refractivity (Wildman–Crippen MR) is 94.5 cm³/mol. The van der Waals surface area contributed by atoms with Crippen LogP contribution < -0.4 is 5.32 Å². The number of hydrogen-bond acceptors (Lipinski definition) is 2. The number of piperidine rings is 1. The van der Waals surface area contributed by atoms with E-state index in [1.165, 1.54) is 11.1 Å². The molecule has 1 saturated carbocycles. The Balaban J connectivity index is 1.71. The van der Waals surface area contributed by atoms with Gasteiger partial charge in [-0.15, -0.1) is 6.58 Å². The first-order valence-corrected chi connectivity index (χ1v) is 8.92. The van der Waals surface area contributed by atoms with E-state index in [1.54, 1.807) is 0 Å². The summed E-state index contributed by atoms with van der Waals surface area (Å²) in [5.74, 6) is 0.779. The van der Waals surface area contributed by atoms with Gasteiger partial charge in [0.1, 0.15) is 0 Å². The van der Waals surface area contributed by atoms with Crippen LogP contribution in [0.3, 0.4) is 0 Å². The lowest BCUT2D eigenvalue weighted by atomic mass is 9.83. The summed E-state index contributed by atoms with van der Waals surface area (Å²) in [7, 11) is 0. The Morgan fingerprint density at radius 3 is 2.65 bits per heavy atom. The average molecular weight is 312 g/mol. The molecule has 2 fully saturated rings. The topological polar surface area (TPSA) is 32.3 Å². The summed E-state index contributed by atoms with van der Waals surface area (Å²) in [4.78, 5) is 14.9. The monoisotopic (exact) mass is 312 g/mol.